The van der Waals surface area contributed by atoms with Gasteiger partial charge in [0.05, 0.1) is 28.0 Å². The lowest BCUT2D eigenvalue weighted by Crippen LogP contribution is -2.15. The van der Waals surface area contributed by atoms with Gasteiger partial charge in [-0.2, -0.15) is 0 Å². The summed E-state index contributed by atoms with van der Waals surface area (Å²) in [5.74, 6) is -0.933. The van der Waals surface area contributed by atoms with Crippen LogP contribution in [0.4, 0.5) is 5.69 Å². The zero-order chi connectivity index (χ0) is 19.7. The number of allylic oxidation sites excluding steroid dienone is 1. The Hall–Kier alpha value is -2.14. The molecule has 0 aliphatic carbocycles. The molecule has 1 aromatic carbocycles. The molecule has 0 aromatic heterocycles. The highest BCUT2D eigenvalue weighted by Crippen LogP contribution is 2.27. The van der Waals surface area contributed by atoms with E-state index in [0.29, 0.717) is 31.4 Å². The van der Waals surface area contributed by atoms with Crippen LogP contribution in [0.3, 0.4) is 0 Å². The Labute approximate surface area is 159 Å². The second-order valence-corrected chi connectivity index (χ2v) is 6.55. The number of carbonyl (C=O) groups is 3. The molecule has 0 aliphatic heterocycles. The number of esters is 1. The SMILES string of the molecule is CCCC(=O)C(=CNc1cccc(C(=O)OC(C)C)c1Cl)C(=O)CCC. The number of hydrogen-bond acceptors (Lipinski definition) is 5. The Kier molecular flexibility index (Phi) is 9.07. The second-order valence-electron chi connectivity index (χ2n) is 6.17. The van der Waals surface area contributed by atoms with Crippen LogP contribution in [0.1, 0.15) is 63.7 Å². The van der Waals surface area contributed by atoms with Gasteiger partial charge in [0, 0.05) is 19.0 Å². The van der Waals surface area contributed by atoms with E-state index in [4.69, 9.17) is 16.3 Å². The molecule has 0 amide bonds. The van der Waals surface area contributed by atoms with E-state index < -0.39 is 5.97 Å². The van der Waals surface area contributed by atoms with Crippen molar-refractivity contribution in [2.24, 2.45) is 0 Å². The summed E-state index contributed by atoms with van der Waals surface area (Å²) in [6.07, 6.45) is 3.05. The highest BCUT2D eigenvalue weighted by atomic mass is 35.5. The van der Waals surface area contributed by atoms with Gasteiger partial charge in [-0.3, -0.25) is 9.59 Å². The zero-order valence-corrected chi connectivity index (χ0v) is 16.5. The van der Waals surface area contributed by atoms with Crippen LogP contribution in [0.2, 0.25) is 5.02 Å². The van der Waals surface area contributed by atoms with E-state index in [1.54, 1.807) is 32.0 Å². The largest absolute Gasteiger partial charge is 0.459 e. The van der Waals surface area contributed by atoms with Crippen LogP contribution < -0.4 is 5.32 Å². The van der Waals surface area contributed by atoms with Gasteiger partial charge in [-0.1, -0.05) is 31.5 Å². The second kappa shape index (κ2) is 10.8. The topological polar surface area (TPSA) is 72.5 Å². The normalized spacial score (nSPS) is 10.4. The maximum absolute atomic E-state index is 12.2. The summed E-state index contributed by atoms with van der Waals surface area (Å²) in [7, 11) is 0. The smallest absolute Gasteiger partial charge is 0.339 e. The summed E-state index contributed by atoms with van der Waals surface area (Å²) in [4.78, 5) is 36.5. The van der Waals surface area contributed by atoms with Gasteiger partial charge in [-0.15, -0.1) is 0 Å². The molecule has 0 bridgehead atoms. The van der Waals surface area contributed by atoms with Crippen molar-refractivity contribution in [1.82, 2.24) is 0 Å². The van der Waals surface area contributed by atoms with Gasteiger partial charge >= 0.3 is 5.97 Å². The first kappa shape index (κ1) is 21.9. The summed E-state index contributed by atoms with van der Waals surface area (Å²) in [5, 5.41) is 3.08. The van der Waals surface area contributed by atoms with Crippen LogP contribution in [0.25, 0.3) is 0 Å². The Balaban J connectivity index is 3.11. The van der Waals surface area contributed by atoms with Crippen molar-refractivity contribution in [1.29, 1.82) is 0 Å². The molecule has 142 valence electrons. The number of ether oxygens (including phenoxy) is 1. The van der Waals surface area contributed by atoms with E-state index in [1.165, 1.54) is 6.20 Å². The summed E-state index contributed by atoms with van der Waals surface area (Å²) >= 11 is 6.29. The Bertz CT molecular complexity index is 675. The van der Waals surface area contributed by atoms with Gasteiger partial charge in [-0.25, -0.2) is 4.79 Å². The molecule has 1 rings (SSSR count). The van der Waals surface area contributed by atoms with Gasteiger partial charge < -0.3 is 10.1 Å². The molecule has 1 aromatic rings. The number of benzene rings is 1. The standard InChI is InChI=1S/C20H26ClNO4/c1-5-8-17(23)15(18(24)9-6-2)12-22-16-11-7-10-14(19(16)21)20(25)26-13(3)4/h7,10-13,22H,5-6,8-9H2,1-4H3. The quantitative estimate of drug-likeness (QED) is 0.270. The van der Waals surface area contributed by atoms with Crippen molar-refractivity contribution < 1.29 is 19.1 Å². The summed E-state index contributed by atoms with van der Waals surface area (Å²) in [6, 6.07) is 4.88. The van der Waals surface area contributed by atoms with Crippen molar-refractivity contribution >= 4 is 34.8 Å². The van der Waals surface area contributed by atoms with Crippen molar-refractivity contribution in [3.05, 3.63) is 40.6 Å². The molecular weight excluding hydrogens is 354 g/mol. The zero-order valence-electron chi connectivity index (χ0n) is 15.7. The molecule has 1 N–H and O–H groups in total. The molecule has 0 saturated heterocycles. The molecule has 6 heteroatoms. The number of rotatable bonds is 10. The third-order valence-electron chi connectivity index (χ3n) is 3.49. The Morgan fingerprint density at radius 3 is 2.19 bits per heavy atom. The third kappa shape index (κ3) is 6.30. The molecule has 0 aliphatic rings. The fraction of sp³-hybridized carbons (Fsp3) is 0.450. The first-order valence-electron chi connectivity index (χ1n) is 8.84. The fourth-order valence-corrected chi connectivity index (χ4v) is 2.53. The van der Waals surface area contributed by atoms with Crippen molar-refractivity contribution in [2.45, 2.75) is 59.5 Å². The van der Waals surface area contributed by atoms with Crippen molar-refractivity contribution in [3.63, 3.8) is 0 Å². The van der Waals surface area contributed by atoms with E-state index in [0.717, 1.165) is 0 Å². The molecular formula is C20H26ClNO4. The number of Topliss-reactive ketones (excluding diaryl/α,β-unsaturated/α-hetero) is 2. The number of nitrogens with one attached hydrogen (secondary N) is 1. The van der Waals surface area contributed by atoms with Crippen LogP contribution in [-0.2, 0) is 14.3 Å². The average Bonchev–Trinajstić information content (AvgIpc) is 2.56. The lowest BCUT2D eigenvalue weighted by Gasteiger charge is -2.12. The fourth-order valence-electron chi connectivity index (χ4n) is 2.27. The maximum Gasteiger partial charge on any atom is 0.339 e. The molecule has 0 unspecified atom stereocenters. The number of halogens is 1. The van der Waals surface area contributed by atoms with Crippen LogP contribution >= 0.6 is 11.6 Å². The van der Waals surface area contributed by atoms with Crippen LogP contribution in [0.15, 0.2) is 30.0 Å². The highest BCUT2D eigenvalue weighted by molar-refractivity contribution is 6.36. The highest BCUT2D eigenvalue weighted by Gasteiger charge is 2.18. The lowest BCUT2D eigenvalue weighted by atomic mass is 10.0. The summed E-state index contributed by atoms with van der Waals surface area (Å²) in [6.45, 7) is 7.27. The minimum Gasteiger partial charge on any atom is -0.459 e. The van der Waals surface area contributed by atoms with Gasteiger partial charge in [0.15, 0.2) is 11.6 Å². The summed E-state index contributed by atoms with van der Waals surface area (Å²) < 4.78 is 5.16. The lowest BCUT2D eigenvalue weighted by molar-refractivity contribution is -0.121. The Morgan fingerprint density at radius 2 is 1.69 bits per heavy atom. The van der Waals surface area contributed by atoms with E-state index >= 15 is 0 Å². The van der Waals surface area contributed by atoms with Gasteiger partial charge in [0.25, 0.3) is 0 Å². The predicted molar refractivity (Wildman–Crippen MR) is 104 cm³/mol. The molecule has 0 spiro atoms. The van der Waals surface area contributed by atoms with Crippen molar-refractivity contribution in [2.75, 3.05) is 5.32 Å². The molecule has 5 nitrogen and oxygen atoms in total. The van der Waals surface area contributed by atoms with E-state index in [1.807, 2.05) is 13.8 Å². The molecule has 26 heavy (non-hydrogen) atoms. The van der Waals surface area contributed by atoms with Crippen LogP contribution in [0.5, 0.6) is 0 Å². The number of hydrogen-bond donors (Lipinski definition) is 1. The molecule has 0 heterocycles. The van der Waals surface area contributed by atoms with Crippen molar-refractivity contribution in [3.8, 4) is 0 Å². The van der Waals surface area contributed by atoms with Crippen LogP contribution in [-0.4, -0.2) is 23.6 Å². The first-order valence-corrected chi connectivity index (χ1v) is 9.22. The minimum absolute atomic E-state index is 0.125. The number of anilines is 1. The number of carbonyl (C=O) groups excluding carboxylic acids is 3. The average molecular weight is 380 g/mol. The molecule has 0 radical (unpaired) electrons. The van der Waals surface area contributed by atoms with Gasteiger partial charge in [0.1, 0.15) is 0 Å². The van der Waals surface area contributed by atoms with E-state index in [9.17, 15) is 14.4 Å². The third-order valence-corrected chi connectivity index (χ3v) is 3.90. The van der Waals surface area contributed by atoms with Gasteiger partial charge in [0.2, 0.25) is 0 Å². The number of ketones is 2. The molecule has 0 atom stereocenters. The molecule has 0 saturated carbocycles. The minimum atomic E-state index is -0.526. The monoisotopic (exact) mass is 379 g/mol. The summed E-state index contributed by atoms with van der Waals surface area (Å²) in [5.41, 5.74) is 0.774. The van der Waals surface area contributed by atoms with E-state index in [-0.39, 0.29) is 33.8 Å². The first-order chi connectivity index (χ1) is 12.3. The van der Waals surface area contributed by atoms with Crippen LogP contribution in [0, 0.1) is 0 Å². The predicted octanol–water partition coefficient (Wildman–Crippen LogP) is 4.94. The molecule has 0 fully saturated rings. The van der Waals surface area contributed by atoms with E-state index in [2.05, 4.69) is 5.32 Å². The van der Waals surface area contributed by atoms with Gasteiger partial charge in [-0.05, 0) is 38.8 Å². The Morgan fingerprint density at radius 1 is 1.12 bits per heavy atom. The maximum atomic E-state index is 12.2.